The maximum atomic E-state index is 9.73. The fourth-order valence-corrected chi connectivity index (χ4v) is 6.95. The Morgan fingerprint density at radius 1 is 0.523 bits per heavy atom. The minimum absolute atomic E-state index is 0.368. The van der Waals surface area contributed by atoms with Crippen molar-refractivity contribution in [3.63, 3.8) is 0 Å². The Kier molecular flexibility index (Phi) is 6.05. The smallest absolute Gasteiger partial charge is 0.124 e. The van der Waals surface area contributed by atoms with Crippen LogP contribution in [0.15, 0.2) is 133 Å². The molecule has 2 heterocycles. The number of para-hydroxylation sites is 3. The Labute approximate surface area is 257 Å². The second-order valence-corrected chi connectivity index (χ2v) is 11.7. The van der Waals surface area contributed by atoms with Gasteiger partial charge in [0.1, 0.15) is 17.1 Å². The number of benzene rings is 6. The van der Waals surface area contributed by atoms with Crippen LogP contribution in [0.1, 0.15) is 11.1 Å². The lowest BCUT2D eigenvalue weighted by atomic mass is 9.94. The first kappa shape index (κ1) is 25.7. The molecule has 0 fully saturated rings. The van der Waals surface area contributed by atoms with Crippen molar-refractivity contribution in [1.29, 1.82) is 10.5 Å². The third kappa shape index (κ3) is 4.24. The predicted octanol–water partition coefficient (Wildman–Crippen LogP) is 10.1. The Hall–Kier alpha value is -6.01. The molecule has 6 aromatic carbocycles. The van der Waals surface area contributed by atoms with E-state index in [0.29, 0.717) is 11.1 Å². The highest BCUT2D eigenvalue weighted by Gasteiger charge is 2.16. The monoisotopic (exact) mass is 578 g/mol. The summed E-state index contributed by atoms with van der Waals surface area (Å²) in [5.41, 5.74) is 10.1. The van der Waals surface area contributed by atoms with Gasteiger partial charge in [-0.25, -0.2) is 4.98 Å². The predicted molar refractivity (Wildman–Crippen MR) is 180 cm³/mol. The molecule has 8 rings (SSSR count). The van der Waals surface area contributed by atoms with Crippen LogP contribution in [0.2, 0.25) is 0 Å². The van der Waals surface area contributed by atoms with Gasteiger partial charge in [0, 0.05) is 22.0 Å². The summed E-state index contributed by atoms with van der Waals surface area (Å²) in [6, 6.07) is 50.1. The summed E-state index contributed by atoms with van der Waals surface area (Å²) < 4.78 is 3.45. The number of thiazole rings is 1. The largest absolute Gasteiger partial charge is 0.309 e. The van der Waals surface area contributed by atoms with Gasteiger partial charge in [-0.15, -0.1) is 11.3 Å². The molecule has 5 heteroatoms. The van der Waals surface area contributed by atoms with E-state index in [2.05, 4.69) is 108 Å². The highest BCUT2D eigenvalue weighted by atomic mass is 32.1. The van der Waals surface area contributed by atoms with Crippen LogP contribution in [0.5, 0.6) is 0 Å². The lowest BCUT2D eigenvalue weighted by molar-refractivity contribution is 1.18. The molecular weight excluding hydrogens is 557 g/mol. The van der Waals surface area contributed by atoms with Crippen LogP contribution in [0, 0.1) is 22.7 Å². The number of hydrogen-bond acceptors (Lipinski definition) is 4. The lowest BCUT2D eigenvalue weighted by Crippen LogP contribution is -1.93. The van der Waals surface area contributed by atoms with Crippen LogP contribution in [0.25, 0.3) is 70.5 Å². The standard InChI is InChI=1S/C39H22N4S/c40-23-27-15-14-25(18-31(27)24-41)28-19-29(21-30(20-28)39-42-35-11-5-7-13-38(35)44-39)26-16-17-37-34(22-26)33-10-4-6-12-36(33)43(37)32-8-2-1-3-9-32/h1-22H. The number of fused-ring (bicyclic) bond motifs is 4. The molecule has 0 saturated carbocycles. The number of rotatable bonds is 4. The molecule has 0 aliphatic heterocycles. The van der Waals surface area contributed by atoms with Crippen LogP contribution in [-0.2, 0) is 0 Å². The molecule has 0 amide bonds. The molecule has 4 nitrogen and oxygen atoms in total. The molecule has 0 atom stereocenters. The summed E-state index contributed by atoms with van der Waals surface area (Å²) in [4.78, 5) is 4.96. The Bertz CT molecular complexity index is 2440. The molecule has 0 N–H and O–H groups in total. The van der Waals surface area contributed by atoms with E-state index in [9.17, 15) is 10.5 Å². The van der Waals surface area contributed by atoms with E-state index in [4.69, 9.17) is 4.98 Å². The Morgan fingerprint density at radius 2 is 1.18 bits per heavy atom. The first-order valence-corrected chi connectivity index (χ1v) is 15.1. The van der Waals surface area contributed by atoms with Crippen molar-refractivity contribution in [3.05, 3.63) is 145 Å². The summed E-state index contributed by atoms with van der Waals surface area (Å²) in [5, 5.41) is 22.5. The summed E-state index contributed by atoms with van der Waals surface area (Å²) in [5.74, 6) is 0. The molecule has 0 aliphatic rings. The van der Waals surface area contributed by atoms with Gasteiger partial charge in [-0.2, -0.15) is 10.5 Å². The Morgan fingerprint density at radius 3 is 1.98 bits per heavy atom. The van der Waals surface area contributed by atoms with Crippen LogP contribution in [0.3, 0.4) is 0 Å². The first-order chi connectivity index (χ1) is 21.7. The fraction of sp³-hybridized carbons (Fsp3) is 0. The van der Waals surface area contributed by atoms with Gasteiger partial charge in [0.2, 0.25) is 0 Å². The van der Waals surface area contributed by atoms with E-state index in [1.807, 2.05) is 30.3 Å². The van der Waals surface area contributed by atoms with Gasteiger partial charge in [-0.1, -0.05) is 60.7 Å². The quantitative estimate of drug-likeness (QED) is 0.209. The first-order valence-electron chi connectivity index (χ1n) is 14.2. The average molecular weight is 579 g/mol. The number of nitriles is 2. The minimum atomic E-state index is 0.368. The summed E-state index contributed by atoms with van der Waals surface area (Å²) in [7, 11) is 0. The minimum Gasteiger partial charge on any atom is -0.309 e. The van der Waals surface area contributed by atoms with Crippen molar-refractivity contribution in [1.82, 2.24) is 9.55 Å². The Balaban J connectivity index is 1.36. The van der Waals surface area contributed by atoms with Gasteiger partial charge in [-0.3, -0.25) is 0 Å². The molecule has 0 unspecified atom stereocenters. The van der Waals surface area contributed by atoms with E-state index >= 15 is 0 Å². The van der Waals surface area contributed by atoms with Crippen molar-refractivity contribution in [2.24, 2.45) is 0 Å². The maximum absolute atomic E-state index is 9.73. The molecular formula is C39H22N4S. The number of aromatic nitrogens is 2. The molecule has 0 bridgehead atoms. The number of hydrogen-bond donors (Lipinski definition) is 0. The molecule has 0 spiro atoms. The van der Waals surface area contributed by atoms with Gasteiger partial charge < -0.3 is 4.57 Å². The molecule has 0 aliphatic carbocycles. The van der Waals surface area contributed by atoms with Crippen molar-refractivity contribution in [3.8, 4) is 50.7 Å². The van der Waals surface area contributed by atoms with Gasteiger partial charge in [0.15, 0.2) is 0 Å². The van der Waals surface area contributed by atoms with E-state index in [0.717, 1.165) is 59.8 Å². The zero-order valence-corrected chi connectivity index (χ0v) is 24.2. The van der Waals surface area contributed by atoms with Gasteiger partial charge in [-0.05, 0) is 95.1 Å². The topological polar surface area (TPSA) is 65.4 Å². The van der Waals surface area contributed by atoms with Crippen molar-refractivity contribution < 1.29 is 0 Å². The van der Waals surface area contributed by atoms with Crippen molar-refractivity contribution >= 4 is 43.4 Å². The molecule has 2 aromatic heterocycles. The fourth-order valence-electron chi connectivity index (χ4n) is 6.00. The summed E-state index contributed by atoms with van der Waals surface area (Å²) in [6.45, 7) is 0. The van der Waals surface area contributed by atoms with Crippen LogP contribution >= 0.6 is 11.3 Å². The molecule has 204 valence electrons. The molecule has 44 heavy (non-hydrogen) atoms. The summed E-state index contributed by atoms with van der Waals surface area (Å²) in [6.07, 6.45) is 0. The molecule has 0 saturated heterocycles. The second kappa shape index (κ2) is 10.4. The zero-order valence-electron chi connectivity index (χ0n) is 23.4. The zero-order chi connectivity index (χ0) is 29.6. The summed E-state index contributed by atoms with van der Waals surface area (Å²) >= 11 is 1.67. The average Bonchev–Trinajstić information content (AvgIpc) is 3.67. The van der Waals surface area contributed by atoms with Crippen molar-refractivity contribution in [2.75, 3.05) is 0 Å². The van der Waals surface area contributed by atoms with Crippen LogP contribution in [0.4, 0.5) is 0 Å². The second-order valence-electron chi connectivity index (χ2n) is 10.7. The van der Waals surface area contributed by atoms with Gasteiger partial charge in [0.05, 0.1) is 32.4 Å². The van der Waals surface area contributed by atoms with Crippen LogP contribution < -0.4 is 0 Å². The van der Waals surface area contributed by atoms with Crippen molar-refractivity contribution in [2.45, 2.75) is 0 Å². The number of nitrogens with zero attached hydrogens (tertiary/aromatic N) is 4. The van der Waals surface area contributed by atoms with Gasteiger partial charge in [0.25, 0.3) is 0 Å². The highest BCUT2D eigenvalue weighted by molar-refractivity contribution is 7.21. The normalized spacial score (nSPS) is 11.1. The maximum Gasteiger partial charge on any atom is 0.124 e. The van der Waals surface area contributed by atoms with E-state index in [1.54, 1.807) is 23.5 Å². The van der Waals surface area contributed by atoms with E-state index in [1.165, 1.54) is 10.8 Å². The highest BCUT2D eigenvalue weighted by Crippen LogP contribution is 2.39. The molecule has 8 aromatic rings. The van der Waals surface area contributed by atoms with E-state index < -0.39 is 0 Å². The molecule has 0 radical (unpaired) electrons. The van der Waals surface area contributed by atoms with Crippen LogP contribution in [-0.4, -0.2) is 9.55 Å². The third-order valence-electron chi connectivity index (χ3n) is 8.09. The third-order valence-corrected chi connectivity index (χ3v) is 9.17. The SMILES string of the molecule is N#Cc1ccc(-c2cc(-c3ccc4c(c3)c3ccccc3n4-c3ccccc3)cc(-c3nc4ccccc4s3)c2)cc1C#N. The lowest BCUT2D eigenvalue weighted by Gasteiger charge is -2.11. The van der Waals surface area contributed by atoms with Gasteiger partial charge >= 0.3 is 0 Å². The van der Waals surface area contributed by atoms with E-state index in [-0.39, 0.29) is 0 Å².